The van der Waals surface area contributed by atoms with Gasteiger partial charge in [-0.2, -0.15) is 4.98 Å². The van der Waals surface area contributed by atoms with Crippen LogP contribution in [0.15, 0.2) is 40.3 Å². The van der Waals surface area contributed by atoms with E-state index in [1.807, 2.05) is 6.07 Å². The molecule has 5 rings (SSSR count). The quantitative estimate of drug-likeness (QED) is 0.399. The molecule has 0 radical (unpaired) electrons. The lowest BCUT2D eigenvalue weighted by atomic mass is 10.1. The van der Waals surface area contributed by atoms with Crippen LogP contribution in [0.4, 0.5) is 5.82 Å². The number of hydrogen-bond acceptors (Lipinski definition) is 10. The number of methoxy groups -OCH3 is 1. The van der Waals surface area contributed by atoms with Crippen molar-refractivity contribution in [3.05, 3.63) is 46.5 Å². The molecule has 3 aromatic heterocycles. The van der Waals surface area contributed by atoms with Gasteiger partial charge in [0.1, 0.15) is 10.7 Å². The molecular formula is C23H27N7O4S. The van der Waals surface area contributed by atoms with Crippen molar-refractivity contribution in [2.75, 3.05) is 44.4 Å². The molecule has 5 heterocycles. The molecular weight excluding hydrogens is 470 g/mol. The SMILES string of the molecule is COc1ccc2ccc(=O)n(CCN3CC(O)C(CNCc4cnc5c(n4)NC(=O)CS5)C3)c2n1. The van der Waals surface area contributed by atoms with Crippen molar-refractivity contribution in [2.24, 2.45) is 5.92 Å². The Morgan fingerprint density at radius 3 is 2.91 bits per heavy atom. The number of aromatic nitrogens is 4. The van der Waals surface area contributed by atoms with Crippen LogP contribution in [0.5, 0.6) is 5.88 Å². The number of fused-ring (bicyclic) bond motifs is 2. The lowest BCUT2D eigenvalue weighted by Crippen LogP contribution is -2.31. The normalized spacial score (nSPS) is 20.1. The fourth-order valence-electron chi connectivity index (χ4n) is 4.41. The minimum Gasteiger partial charge on any atom is -0.481 e. The van der Waals surface area contributed by atoms with Crippen LogP contribution in [0.1, 0.15) is 5.69 Å². The first-order valence-electron chi connectivity index (χ1n) is 11.4. The Bertz CT molecular complexity index is 1300. The third kappa shape index (κ3) is 5.30. The Morgan fingerprint density at radius 2 is 2.06 bits per heavy atom. The summed E-state index contributed by atoms with van der Waals surface area (Å²) in [5, 5.41) is 18.3. The summed E-state index contributed by atoms with van der Waals surface area (Å²) in [6.45, 7) is 3.46. The monoisotopic (exact) mass is 497 g/mol. The molecule has 0 aliphatic carbocycles. The third-order valence-electron chi connectivity index (χ3n) is 6.24. The highest BCUT2D eigenvalue weighted by Crippen LogP contribution is 2.27. The van der Waals surface area contributed by atoms with Crippen LogP contribution in [-0.2, 0) is 17.9 Å². The standard InChI is InChI=1S/C23H27N7O4S/c1-34-19-4-2-14-3-5-20(33)30(22(14)28-19)7-6-29-11-15(17(31)12-29)8-24-9-16-10-25-23-21(26-16)27-18(32)13-35-23/h2-5,10,15,17,24,31H,6-9,11-13H2,1H3,(H,26,27,32). The number of carbonyl (C=O) groups excluding carboxylic acids is 1. The molecule has 2 aliphatic heterocycles. The van der Waals surface area contributed by atoms with E-state index in [0.29, 0.717) is 62.4 Å². The van der Waals surface area contributed by atoms with E-state index in [2.05, 4.69) is 30.5 Å². The van der Waals surface area contributed by atoms with Gasteiger partial charge in [-0.3, -0.25) is 19.1 Å². The van der Waals surface area contributed by atoms with E-state index >= 15 is 0 Å². The van der Waals surface area contributed by atoms with Crippen LogP contribution >= 0.6 is 11.8 Å². The lowest BCUT2D eigenvalue weighted by molar-refractivity contribution is -0.113. The number of anilines is 1. The second-order valence-corrected chi connectivity index (χ2v) is 9.62. The predicted molar refractivity (Wildman–Crippen MR) is 132 cm³/mol. The zero-order valence-corrected chi connectivity index (χ0v) is 20.1. The summed E-state index contributed by atoms with van der Waals surface area (Å²) >= 11 is 1.38. The summed E-state index contributed by atoms with van der Waals surface area (Å²) in [5.74, 6) is 1.31. The van der Waals surface area contributed by atoms with Gasteiger partial charge in [-0.15, -0.1) is 0 Å². The Hall–Kier alpha value is -3.06. The number of amides is 1. The molecule has 3 aromatic rings. The number of nitrogens with zero attached hydrogens (tertiary/aromatic N) is 5. The van der Waals surface area contributed by atoms with Crippen molar-refractivity contribution in [3.8, 4) is 5.88 Å². The summed E-state index contributed by atoms with van der Waals surface area (Å²) < 4.78 is 6.87. The Kier molecular flexibility index (Phi) is 6.95. The van der Waals surface area contributed by atoms with Crippen molar-refractivity contribution >= 4 is 34.5 Å². The Labute approximate surface area is 205 Å². The number of β-amino-alcohol motifs (C(OH)–C–C–N with tert-alkyl or cyclic N) is 1. The molecule has 0 aromatic carbocycles. The van der Waals surface area contributed by atoms with Crippen LogP contribution in [0, 0.1) is 5.92 Å². The molecule has 1 saturated heterocycles. The first-order valence-corrected chi connectivity index (χ1v) is 12.4. The zero-order valence-electron chi connectivity index (χ0n) is 19.3. The van der Waals surface area contributed by atoms with Crippen LogP contribution in [0.2, 0.25) is 0 Å². The molecule has 35 heavy (non-hydrogen) atoms. The number of aliphatic hydroxyl groups is 1. The first-order chi connectivity index (χ1) is 17.0. The van der Waals surface area contributed by atoms with Crippen molar-refractivity contribution in [1.82, 2.24) is 29.7 Å². The number of ether oxygens (including phenoxy) is 1. The number of likely N-dealkylation sites (tertiary alicyclic amines) is 1. The maximum Gasteiger partial charge on any atom is 0.252 e. The smallest absolute Gasteiger partial charge is 0.252 e. The van der Waals surface area contributed by atoms with Gasteiger partial charge in [-0.25, -0.2) is 9.97 Å². The second-order valence-electron chi connectivity index (χ2n) is 8.66. The number of aliphatic hydroxyl groups excluding tert-OH is 1. The molecule has 2 unspecified atom stereocenters. The third-order valence-corrected chi connectivity index (χ3v) is 7.22. The van der Waals surface area contributed by atoms with E-state index in [1.54, 1.807) is 36.1 Å². The average molecular weight is 498 g/mol. The molecule has 0 bridgehead atoms. The number of rotatable bonds is 8. The van der Waals surface area contributed by atoms with Crippen molar-refractivity contribution in [3.63, 3.8) is 0 Å². The molecule has 0 saturated carbocycles. The molecule has 1 amide bonds. The average Bonchev–Trinajstić information content (AvgIpc) is 3.21. The molecule has 184 valence electrons. The minimum atomic E-state index is -0.463. The fraction of sp³-hybridized carbons (Fsp3) is 0.435. The van der Waals surface area contributed by atoms with E-state index in [4.69, 9.17) is 4.74 Å². The van der Waals surface area contributed by atoms with E-state index in [-0.39, 0.29) is 17.4 Å². The topological polar surface area (TPSA) is 134 Å². The number of thioether (sulfide) groups is 1. The maximum atomic E-state index is 12.5. The van der Waals surface area contributed by atoms with E-state index in [0.717, 1.165) is 16.1 Å². The highest BCUT2D eigenvalue weighted by atomic mass is 32.2. The maximum absolute atomic E-state index is 12.5. The largest absolute Gasteiger partial charge is 0.481 e. The first kappa shape index (κ1) is 23.7. The van der Waals surface area contributed by atoms with Crippen molar-refractivity contribution in [2.45, 2.75) is 24.2 Å². The highest BCUT2D eigenvalue weighted by Gasteiger charge is 2.30. The summed E-state index contributed by atoms with van der Waals surface area (Å²) in [6.07, 6.45) is 1.24. The van der Waals surface area contributed by atoms with E-state index < -0.39 is 6.10 Å². The van der Waals surface area contributed by atoms with Crippen molar-refractivity contribution < 1.29 is 14.6 Å². The highest BCUT2D eigenvalue weighted by molar-refractivity contribution is 8.00. The second kappa shape index (κ2) is 10.3. The van der Waals surface area contributed by atoms with Gasteiger partial charge in [0, 0.05) is 62.7 Å². The van der Waals surface area contributed by atoms with Gasteiger partial charge in [0.05, 0.1) is 30.9 Å². The van der Waals surface area contributed by atoms with Gasteiger partial charge in [0.15, 0.2) is 5.82 Å². The molecule has 2 atom stereocenters. The molecule has 3 N–H and O–H groups in total. The summed E-state index contributed by atoms with van der Waals surface area (Å²) in [4.78, 5) is 39.6. The molecule has 12 heteroatoms. The zero-order chi connectivity index (χ0) is 24.4. The number of pyridine rings is 2. The van der Waals surface area contributed by atoms with E-state index in [9.17, 15) is 14.7 Å². The Balaban J connectivity index is 1.16. The van der Waals surface area contributed by atoms with Crippen LogP contribution in [0.25, 0.3) is 11.0 Å². The number of carbonyl (C=O) groups is 1. The minimum absolute atomic E-state index is 0.0540. The summed E-state index contributed by atoms with van der Waals surface area (Å²) in [7, 11) is 1.55. The number of hydrogen-bond donors (Lipinski definition) is 3. The lowest BCUT2D eigenvalue weighted by Gasteiger charge is -2.18. The molecule has 0 spiro atoms. The number of nitrogens with one attached hydrogen (secondary N) is 2. The van der Waals surface area contributed by atoms with Gasteiger partial charge in [-0.05, 0) is 12.1 Å². The molecule has 2 aliphatic rings. The van der Waals surface area contributed by atoms with Gasteiger partial charge < -0.3 is 20.5 Å². The van der Waals surface area contributed by atoms with Crippen LogP contribution < -0.4 is 20.9 Å². The van der Waals surface area contributed by atoms with E-state index in [1.165, 1.54) is 11.8 Å². The van der Waals surface area contributed by atoms with Gasteiger partial charge >= 0.3 is 0 Å². The van der Waals surface area contributed by atoms with Gasteiger partial charge in [0.2, 0.25) is 11.8 Å². The van der Waals surface area contributed by atoms with Crippen LogP contribution in [0.3, 0.4) is 0 Å². The summed E-state index contributed by atoms with van der Waals surface area (Å²) in [6, 6.07) is 6.98. The van der Waals surface area contributed by atoms with Gasteiger partial charge in [-0.1, -0.05) is 11.8 Å². The van der Waals surface area contributed by atoms with Crippen LogP contribution in [-0.4, -0.2) is 80.6 Å². The summed E-state index contributed by atoms with van der Waals surface area (Å²) in [5.41, 5.74) is 1.21. The predicted octanol–water partition coefficient (Wildman–Crippen LogP) is 0.322. The Morgan fingerprint density at radius 1 is 1.20 bits per heavy atom. The van der Waals surface area contributed by atoms with Gasteiger partial charge in [0.25, 0.3) is 5.56 Å². The fourth-order valence-corrected chi connectivity index (χ4v) is 5.11. The van der Waals surface area contributed by atoms with Crippen molar-refractivity contribution in [1.29, 1.82) is 0 Å². The molecule has 11 nitrogen and oxygen atoms in total. The molecule has 1 fully saturated rings.